The molecule has 0 bridgehead atoms. The van der Waals surface area contributed by atoms with Gasteiger partial charge in [0.1, 0.15) is 12.3 Å². The van der Waals surface area contributed by atoms with Crippen LogP contribution >= 0.6 is 0 Å². The van der Waals surface area contributed by atoms with E-state index in [1.807, 2.05) is 38.1 Å². The van der Waals surface area contributed by atoms with E-state index < -0.39 is 10.0 Å². The molecular weight excluding hydrogens is 424 g/mol. The van der Waals surface area contributed by atoms with Crippen molar-refractivity contribution < 1.29 is 17.9 Å². The molecule has 1 N–H and O–H groups in total. The number of carbonyl (C=O) groups is 1. The summed E-state index contributed by atoms with van der Waals surface area (Å²) in [5, 5.41) is 2.97. The van der Waals surface area contributed by atoms with Crippen LogP contribution in [0.3, 0.4) is 0 Å². The van der Waals surface area contributed by atoms with Gasteiger partial charge in [-0.05, 0) is 55.3 Å². The van der Waals surface area contributed by atoms with Gasteiger partial charge >= 0.3 is 0 Å². The molecule has 0 aliphatic carbocycles. The highest BCUT2D eigenvalue weighted by molar-refractivity contribution is 7.92. The summed E-state index contributed by atoms with van der Waals surface area (Å²) < 4.78 is 33.2. The first kappa shape index (κ1) is 23.3. The third-order valence-corrected chi connectivity index (χ3v) is 6.99. The Morgan fingerprint density at radius 3 is 2.16 bits per heavy atom. The van der Waals surface area contributed by atoms with Crippen molar-refractivity contribution in [1.29, 1.82) is 0 Å². The van der Waals surface area contributed by atoms with E-state index in [-0.39, 0.29) is 23.4 Å². The molecular formula is C25H28N2O4S. The highest BCUT2D eigenvalue weighted by atomic mass is 32.2. The van der Waals surface area contributed by atoms with Crippen LogP contribution in [0.5, 0.6) is 5.75 Å². The quantitative estimate of drug-likeness (QED) is 0.520. The minimum absolute atomic E-state index is 0.141. The average molecular weight is 453 g/mol. The van der Waals surface area contributed by atoms with Crippen LogP contribution in [0.2, 0.25) is 0 Å². The fourth-order valence-electron chi connectivity index (χ4n) is 3.37. The van der Waals surface area contributed by atoms with Gasteiger partial charge in [-0.15, -0.1) is 0 Å². The van der Waals surface area contributed by atoms with Crippen molar-refractivity contribution in [2.24, 2.45) is 0 Å². The lowest BCUT2D eigenvalue weighted by molar-refractivity contribution is -0.120. The molecule has 0 saturated carbocycles. The van der Waals surface area contributed by atoms with Gasteiger partial charge in [0.2, 0.25) is 5.91 Å². The molecule has 0 saturated heterocycles. The summed E-state index contributed by atoms with van der Waals surface area (Å²) in [5.41, 5.74) is 2.31. The molecule has 6 nitrogen and oxygen atoms in total. The summed E-state index contributed by atoms with van der Waals surface area (Å²) in [7, 11) is -2.33. The highest BCUT2D eigenvalue weighted by Gasteiger charge is 2.27. The van der Waals surface area contributed by atoms with Gasteiger partial charge in [-0.25, -0.2) is 8.42 Å². The fourth-order valence-corrected chi connectivity index (χ4v) is 4.80. The van der Waals surface area contributed by atoms with Gasteiger partial charge < -0.3 is 10.1 Å². The van der Waals surface area contributed by atoms with E-state index in [1.54, 1.807) is 61.7 Å². The summed E-state index contributed by atoms with van der Waals surface area (Å²) in [6.07, 6.45) is 0.661. The lowest BCUT2D eigenvalue weighted by Gasteiger charge is -2.25. The Morgan fingerprint density at radius 2 is 1.59 bits per heavy atom. The molecule has 0 aromatic heterocycles. The largest absolute Gasteiger partial charge is 0.497 e. The maximum absolute atomic E-state index is 13.4. The highest BCUT2D eigenvalue weighted by Crippen LogP contribution is 2.24. The molecule has 0 aliphatic heterocycles. The van der Waals surface area contributed by atoms with E-state index in [9.17, 15) is 13.2 Å². The Balaban J connectivity index is 1.85. The lowest BCUT2D eigenvalue weighted by atomic mass is 10.0. The zero-order chi connectivity index (χ0) is 23.1. The standard InChI is InChI=1S/C25H28N2O4S/c1-4-24(20-12-14-22(31-3)15-13-20)26-25(28)18-27(21-8-6-5-7-9-21)32(29,30)23-16-10-19(2)11-17-23/h5-17,24H,4,18H2,1-3H3,(H,26,28)/t24-/m0/s1. The van der Waals surface area contributed by atoms with Crippen LogP contribution < -0.4 is 14.4 Å². The number of hydrogen-bond acceptors (Lipinski definition) is 4. The zero-order valence-corrected chi connectivity index (χ0v) is 19.3. The molecule has 0 fully saturated rings. The first-order valence-electron chi connectivity index (χ1n) is 10.4. The van der Waals surface area contributed by atoms with Gasteiger partial charge in [0.15, 0.2) is 0 Å². The van der Waals surface area contributed by atoms with Crippen molar-refractivity contribution in [1.82, 2.24) is 5.32 Å². The topological polar surface area (TPSA) is 75.7 Å². The van der Waals surface area contributed by atoms with Crippen molar-refractivity contribution in [3.05, 3.63) is 90.0 Å². The normalized spacial score (nSPS) is 12.1. The van der Waals surface area contributed by atoms with Crippen LogP contribution in [0, 0.1) is 6.92 Å². The number of nitrogens with one attached hydrogen (secondary N) is 1. The van der Waals surface area contributed by atoms with Crippen LogP contribution in [0.25, 0.3) is 0 Å². The molecule has 0 radical (unpaired) electrons. The average Bonchev–Trinajstić information content (AvgIpc) is 2.82. The Bertz CT molecular complexity index is 1130. The number of nitrogens with zero attached hydrogens (tertiary/aromatic N) is 1. The van der Waals surface area contributed by atoms with E-state index in [4.69, 9.17) is 4.74 Å². The molecule has 0 unspecified atom stereocenters. The number of para-hydroxylation sites is 1. The van der Waals surface area contributed by atoms with Gasteiger partial charge in [0, 0.05) is 0 Å². The Labute approximate surface area is 189 Å². The number of anilines is 1. The van der Waals surface area contributed by atoms with Crippen LogP contribution in [-0.4, -0.2) is 28.0 Å². The number of benzene rings is 3. The number of carbonyl (C=O) groups excluding carboxylic acids is 1. The van der Waals surface area contributed by atoms with Crippen LogP contribution in [0.1, 0.15) is 30.5 Å². The number of sulfonamides is 1. The van der Waals surface area contributed by atoms with Crippen molar-refractivity contribution in [3.8, 4) is 5.75 Å². The Kier molecular flexibility index (Phi) is 7.53. The predicted molar refractivity (Wildman–Crippen MR) is 126 cm³/mol. The molecule has 7 heteroatoms. The van der Waals surface area contributed by atoms with Crippen LogP contribution in [0.4, 0.5) is 5.69 Å². The van der Waals surface area contributed by atoms with E-state index >= 15 is 0 Å². The fraction of sp³-hybridized carbons (Fsp3) is 0.240. The van der Waals surface area contributed by atoms with Gasteiger partial charge in [-0.1, -0.05) is 55.0 Å². The summed E-state index contributed by atoms with van der Waals surface area (Å²) in [6, 6.07) is 22.5. The molecule has 0 aliphatic rings. The maximum atomic E-state index is 13.4. The first-order chi connectivity index (χ1) is 15.3. The van der Waals surface area contributed by atoms with E-state index in [1.165, 1.54) is 0 Å². The van der Waals surface area contributed by atoms with Gasteiger partial charge in [-0.2, -0.15) is 0 Å². The number of methoxy groups -OCH3 is 1. The summed E-state index contributed by atoms with van der Waals surface area (Å²) in [5.74, 6) is 0.349. The van der Waals surface area contributed by atoms with Crippen molar-refractivity contribution in [2.75, 3.05) is 18.0 Å². The minimum atomic E-state index is -3.93. The van der Waals surface area contributed by atoms with E-state index in [0.717, 1.165) is 21.2 Å². The maximum Gasteiger partial charge on any atom is 0.264 e. The van der Waals surface area contributed by atoms with Gasteiger partial charge in [0.25, 0.3) is 10.0 Å². The van der Waals surface area contributed by atoms with Gasteiger partial charge in [0.05, 0.1) is 23.7 Å². The third-order valence-electron chi connectivity index (χ3n) is 5.20. The first-order valence-corrected chi connectivity index (χ1v) is 11.9. The number of hydrogen-bond donors (Lipinski definition) is 1. The number of ether oxygens (including phenoxy) is 1. The second-order valence-electron chi connectivity index (χ2n) is 7.46. The van der Waals surface area contributed by atoms with Crippen molar-refractivity contribution in [2.45, 2.75) is 31.2 Å². The minimum Gasteiger partial charge on any atom is -0.497 e. The van der Waals surface area contributed by atoms with Crippen LogP contribution in [-0.2, 0) is 14.8 Å². The van der Waals surface area contributed by atoms with E-state index in [0.29, 0.717) is 12.1 Å². The number of amides is 1. The lowest BCUT2D eigenvalue weighted by Crippen LogP contribution is -2.42. The van der Waals surface area contributed by atoms with Crippen molar-refractivity contribution >= 4 is 21.6 Å². The molecule has 1 amide bonds. The summed E-state index contributed by atoms with van der Waals surface area (Å²) in [4.78, 5) is 13.1. The number of rotatable bonds is 9. The molecule has 1 atom stereocenters. The molecule has 3 rings (SSSR count). The van der Waals surface area contributed by atoms with Crippen molar-refractivity contribution in [3.63, 3.8) is 0 Å². The summed E-state index contributed by atoms with van der Waals surface area (Å²) in [6.45, 7) is 3.53. The Morgan fingerprint density at radius 1 is 0.969 bits per heavy atom. The molecule has 0 heterocycles. The zero-order valence-electron chi connectivity index (χ0n) is 18.5. The monoisotopic (exact) mass is 452 g/mol. The molecule has 3 aromatic carbocycles. The van der Waals surface area contributed by atoms with Crippen LogP contribution in [0.15, 0.2) is 83.8 Å². The molecule has 3 aromatic rings. The second-order valence-corrected chi connectivity index (χ2v) is 9.32. The predicted octanol–water partition coefficient (Wildman–Crippen LogP) is 4.47. The smallest absolute Gasteiger partial charge is 0.264 e. The Hall–Kier alpha value is -3.32. The molecule has 0 spiro atoms. The van der Waals surface area contributed by atoms with Gasteiger partial charge in [-0.3, -0.25) is 9.10 Å². The third kappa shape index (κ3) is 5.48. The molecule has 32 heavy (non-hydrogen) atoms. The second kappa shape index (κ2) is 10.3. The SMILES string of the molecule is CC[C@H](NC(=O)CN(c1ccccc1)S(=O)(=O)c1ccc(C)cc1)c1ccc(OC)cc1. The number of aryl methyl sites for hydroxylation is 1. The van der Waals surface area contributed by atoms with E-state index in [2.05, 4.69) is 5.32 Å². The summed E-state index contributed by atoms with van der Waals surface area (Å²) >= 11 is 0. The molecule has 168 valence electrons.